The maximum absolute atomic E-state index is 3.41. The zero-order chi connectivity index (χ0) is 10.1. The van der Waals surface area contributed by atoms with Crippen LogP contribution in [0.25, 0.3) is 22.2 Å². The second kappa shape index (κ2) is 4.54. The van der Waals surface area contributed by atoms with Crippen LogP contribution in [0.5, 0.6) is 0 Å². The highest BCUT2D eigenvalue weighted by Crippen LogP contribution is 2.23. The molecule has 0 fully saturated rings. The summed E-state index contributed by atoms with van der Waals surface area (Å²) in [4.78, 5) is 3.41. The zero-order valence-corrected chi connectivity index (χ0v) is 10.4. The lowest BCUT2D eigenvalue weighted by atomic mass is 10.1. The molecule has 3 aromatic rings. The lowest BCUT2D eigenvalue weighted by molar-refractivity contribution is 1.45. The van der Waals surface area contributed by atoms with Crippen LogP contribution in [-0.4, -0.2) is 4.98 Å². The van der Waals surface area contributed by atoms with Crippen molar-refractivity contribution in [1.29, 1.82) is 0 Å². The molecule has 0 atom stereocenters. The number of aromatic amines is 1. The number of benzene rings is 2. The molecule has 0 radical (unpaired) electrons. The maximum atomic E-state index is 3.41. The maximum Gasteiger partial charge on any atom is 0.0464 e. The van der Waals surface area contributed by atoms with Crippen molar-refractivity contribution in [2.75, 3.05) is 0 Å². The Hall–Kier alpha value is -1.54. The Labute approximate surface area is 105 Å². The SMILES string of the molecule is Br.c1ccc(-c2cc3ccccc3[nH]2)cc1. The van der Waals surface area contributed by atoms with Gasteiger partial charge < -0.3 is 4.98 Å². The Morgan fingerprint density at radius 1 is 0.750 bits per heavy atom. The Bertz CT molecular complexity index is 551. The van der Waals surface area contributed by atoms with E-state index in [1.54, 1.807) is 0 Å². The molecule has 0 saturated carbocycles. The van der Waals surface area contributed by atoms with Crippen LogP contribution in [-0.2, 0) is 0 Å². The third kappa shape index (κ3) is 1.89. The summed E-state index contributed by atoms with van der Waals surface area (Å²) >= 11 is 0. The van der Waals surface area contributed by atoms with E-state index in [2.05, 4.69) is 53.5 Å². The van der Waals surface area contributed by atoms with Crippen molar-refractivity contribution in [3.63, 3.8) is 0 Å². The molecule has 2 heteroatoms. The number of hydrogen-bond acceptors (Lipinski definition) is 0. The minimum absolute atomic E-state index is 0. The van der Waals surface area contributed by atoms with Crippen molar-refractivity contribution in [2.45, 2.75) is 0 Å². The summed E-state index contributed by atoms with van der Waals surface area (Å²) < 4.78 is 0. The predicted octanol–water partition coefficient (Wildman–Crippen LogP) is 4.41. The highest BCUT2D eigenvalue weighted by molar-refractivity contribution is 8.93. The Morgan fingerprint density at radius 3 is 2.19 bits per heavy atom. The summed E-state index contributed by atoms with van der Waals surface area (Å²) in [5, 5.41) is 1.26. The van der Waals surface area contributed by atoms with Crippen molar-refractivity contribution in [1.82, 2.24) is 4.98 Å². The van der Waals surface area contributed by atoms with Gasteiger partial charge in [0.05, 0.1) is 0 Å². The molecule has 0 saturated heterocycles. The van der Waals surface area contributed by atoms with E-state index in [0.717, 1.165) is 0 Å². The molecule has 3 rings (SSSR count). The molecular formula is C14H12BrN. The summed E-state index contributed by atoms with van der Waals surface area (Å²) in [5.74, 6) is 0. The highest BCUT2D eigenvalue weighted by Gasteiger charge is 2.00. The van der Waals surface area contributed by atoms with Gasteiger partial charge in [-0.15, -0.1) is 17.0 Å². The van der Waals surface area contributed by atoms with Gasteiger partial charge in [-0.2, -0.15) is 0 Å². The zero-order valence-electron chi connectivity index (χ0n) is 8.68. The number of para-hydroxylation sites is 1. The van der Waals surface area contributed by atoms with Crippen LogP contribution < -0.4 is 0 Å². The van der Waals surface area contributed by atoms with Gasteiger partial charge in [0.2, 0.25) is 0 Å². The third-order valence-corrected chi connectivity index (χ3v) is 2.61. The first kappa shape index (κ1) is 11.0. The van der Waals surface area contributed by atoms with E-state index < -0.39 is 0 Å². The van der Waals surface area contributed by atoms with E-state index >= 15 is 0 Å². The fraction of sp³-hybridized carbons (Fsp3) is 0. The van der Waals surface area contributed by atoms with Crippen LogP contribution in [0.1, 0.15) is 0 Å². The number of H-pyrrole nitrogens is 1. The molecule has 0 aliphatic carbocycles. The second-order valence-electron chi connectivity index (χ2n) is 3.64. The number of rotatable bonds is 1. The summed E-state index contributed by atoms with van der Waals surface area (Å²) in [6.07, 6.45) is 0. The molecule has 0 aliphatic heterocycles. The Kier molecular flexibility index (Phi) is 3.11. The van der Waals surface area contributed by atoms with Crippen molar-refractivity contribution in [2.24, 2.45) is 0 Å². The molecule has 2 aromatic carbocycles. The molecule has 0 unspecified atom stereocenters. The van der Waals surface area contributed by atoms with Crippen LogP contribution in [0.3, 0.4) is 0 Å². The molecular weight excluding hydrogens is 262 g/mol. The largest absolute Gasteiger partial charge is 0.355 e. The minimum Gasteiger partial charge on any atom is -0.355 e. The van der Waals surface area contributed by atoms with Crippen molar-refractivity contribution in [3.05, 3.63) is 60.7 Å². The summed E-state index contributed by atoms with van der Waals surface area (Å²) in [7, 11) is 0. The molecule has 1 heterocycles. The topological polar surface area (TPSA) is 15.8 Å². The summed E-state index contributed by atoms with van der Waals surface area (Å²) in [6.45, 7) is 0. The average molecular weight is 274 g/mol. The van der Waals surface area contributed by atoms with Crippen LogP contribution in [0.2, 0.25) is 0 Å². The van der Waals surface area contributed by atoms with Gasteiger partial charge in [0, 0.05) is 16.6 Å². The normalized spacial score (nSPS) is 10.0. The van der Waals surface area contributed by atoms with E-state index in [1.165, 1.54) is 22.2 Å². The highest BCUT2D eigenvalue weighted by atomic mass is 79.9. The number of aromatic nitrogens is 1. The van der Waals surface area contributed by atoms with E-state index in [4.69, 9.17) is 0 Å². The van der Waals surface area contributed by atoms with Crippen molar-refractivity contribution < 1.29 is 0 Å². The standard InChI is InChI=1S/C14H11N.BrH/c1-2-6-11(7-3-1)14-10-12-8-4-5-9-13(12)15-14;/h1-10,15H;1H. The third-order valence-electron chi connectivity index (χ3n) is 2.61. The van der Waals surface area contributed by atoms with Gasteiger partial charge in [0.25, 0.3) is 0 Å². The molecule has 1 N–H and O–H groups in total. The van der Waals surface area contributed by atoms with E-state index in [0.29, 0.717) is 0 Å². The van der Waals surface area contributed by atoms with Crippen LogP contribution in [0.4, 0.5) is 0 Å². The molecule has 0 spiro atoms. The monoisotopic (exact) mass is 273 g/mol. The quantitative estimate of drug-likeness (QED) is 0.676. The van der Waals surface area contributed by atoms with E-state index in [-0.39, 0.29) is 17.0 Å². The van der Waals surface area contributed by atoms with Gasteiger partial charge in [-0.05, 0) is 17.7 Å². The van der Waals surface area contributed by atoms with Gasteiger partial charge in [0.15, 0.2) is 0 Å². The van der Waals surface area contributed by atoms with Gasteiger partial charge in [-0.25, -0.2) is 0 Å². The predicted molar refractivity (Wildman–Crippen MR) is 74.1 cm³/mol. The van der Waals surface area contributed by atoms with Crippen LogP contribution in [0, 0.1) is 0 Å². The molecule has 1 nitrogen and oxygen atoms in total. The van der Waals surface area contributed by atoms with Gasteiger partial charge in [-0.3, -0.25) is 0 Å². The Balaban J connectivity index is 0.000000963. The van der Waals surface area contributed by atoms with Crippen LogP contribution in [0.15, 0.2) is 60.7 Å². The molecule has 80 valence electrons. The smallest absolute Gasteiger partial charge is 0.0464 e. The lowest BCUT2D eigenvalue weighted by Gasteiger charge is -1.94. The molecule has 16 heavy (non-hydrogen) atoms. The Morgan fingerprint density at radius 2 is 1.44 bits per heavy atom. The summed E-state index contributed by atoms with van der Waals surface area (Å²) in [5.41, 5.74) is 3.60. The first-order valence-corrected chi connectivity index (χ1v) is 5.07. The minimum atomic E-state index is 0. The fourth-order valence-electron chi connectivity index (χ4n) is 1.85. The number of hydrogen-bond donors (Lipinski definition) is 1. The van der Waals surface area contributed by atoms with Gasteiger partial charge >= 0.3 is 0 Å². The molecule has 1 aromatic heterocycles. The lowest BCUT2D eigenvalue weighted by Crippen LogP contribution is -1.74. The fourth-order valence-corrected chi connectivity index (χ4v) is 1.85. The molecule has 0 bridgehead atoms. The van der Waals surface area contributed by atoms with Crippen molar-refractivity contribution >= 4 is 27.9 Å². The summed E-state index contributed by atoms with van der Waals surface area (Å²) in [6, 6.07) is 20.9. The average Bonchev–Trinajstić information content (AvgIpc) is 2.74. The second-order valence-corrected chi connectivity index (χ2v) is 3.64. The number of halogens is 1. The molecule has 0 aliphatic rings. The first-order valence-electron chi connectivity index (χ1n) is 5.07. The van der Waals surface area contributed by atoms with Gasteiger partial charge in [0.1, 0.15) is 0 Å². The first-order chi connectivity index (χ1) is 7.43. The van der Waals surface area contributed by atoms with E-state index in [1.807, 2.05) is 12.1 Å². The van der Waals surface area contributed by atoms with E-state index in [9.17, 15) is 0 Å². The van der Waals surface area contributed by atoms with Crippen LogP contribution >= 0.6 is 17.0 Å². The van der Waals surface area contributed by atoms with Gasteiger partial charge in [-0.1, -0.05) is 48.5 Å². The number of fused-ring (bicyclic) bond motifs is 1. The number of nitrogens with one attached hydrogen (secondary N) is 1. The molecule has 0 amide bonds. The van der Waals surface area contributed by atoms with Crippen molar-refractivity contribution in [3.8, 4) is 11.3 Å².